The van der Waals surface area contributed by atoms with E-state index in [0.29, 0.717) is 17.8 Å². The first kappa shape index (κ1) is 13.3. The van der Waals surface area contributed by atoms with Crippen LogP contribution in [0.1, 0.15) is 36.5 Å². The normalized spacial score (nSPS) is 10.4. The Kier molecular flexibility index (Phi) is 4.72. The number of amides is 1. The zero-order valence-corrected chi connectivity index (χ0v) is 11.1. The number of benzene rings is 1. The highest BCUT2D eigenvalue weighted by Gasteiger charge is 2.16. The van der Waals surface area contributed by atoms with Gasteiger partial charge in [0.2, 0.25) is 0 Å². The topological polar surface area (TPSA) is 55.1 Å². The van der Waals surface area contributed by atoms with Gasteiger partial charge in [-0.3, -0.25) is 4.79 Å². The SMILES string of the molecule is CCCCCNC(=O)c1conc1-c1ccccc1. The standard InChI is InChI=1S/C15H18N2O2/c1-2-3-7-10-16-15(18)13-11-19-17-14(13)12-8-5-4-6-9-12/h4-6,8-9,11H,2-3,7,10H2,1H3,(H,16,18). The van der Waals surface area contributed by atoms with Crippen LogP contribution in [-0.4, -0.2) is 17.6 Å². The van der Waals surface area contributed by atoms with Crippen molar-refractivity contribution in [3.8, 4) is 11.3 Å². The molecule has 0 atom stereocenters. The number of aromatic nitrogens is 1. The Morgan fingerprint density at radius 3 is 2.79 bits per heavy atom. The Balaban J connectivity index is 2.05. The summed E-state index contributed by atoms with van der Waals surface area (Å²) in [5.41, 5.74) is 1.96. The molecule has 0 bridgehead atoms. The van der Waals surface area contributed by atoms with Crippen LogP contribution < -0.4 is 5.32 Å². The lowest BCUT2D eigenvalue weighted by atomic mass is 10.1. The molecular weight excluding hydrogens is 240 g/mol. The lowest BCUT2D eigenvalue weighted by molar-refractivity contribution is 0.0953. The minimum atomic E-state index is -0.129. The van der Waals surface area contributed by atoms with Gasteiger partial charge in [0.25, 0.3) is 5.91 Å². The van der Waals surface area contributed by atoms with Gasteiger partial charge in [0.05, 0.1) is 0 Å². The first-order chi connectivity index (χ1) is 9.33. The van der Waals surface area contributed by atoms with Gasteiger partial charge in [-0.05, 0) is 6.42 Å². The number of rotatable bonds is 6. The molecule has 100 valence electrons. The van der Waals surface area contributed by atoms with Gasteiger partial charge in [0.15, 0.2) is 0 Å². The zero-order valence-electron chi connectivity index (χ0n) is 11.1. The van der Waals surface area contributed by atoms with Crippen molar-refractivity contribution in [3.63, 3.8) is 0 Å². The van der Waals surface area contributed by atoms with Crippen molar-refractivity contribution in [2.45, 2.75) is 26.2 Å². The Morgan fingerprint density at radius 2 is 2.05 bits per heavy atom. The second-order valence-corrected chi connectivity index (χ2v) is 4.41. The van der Waals surface area contributed by atoms with Crippen LogP contribution in [-0.2, 0) is 0 Å². The van der Waals surface area contributed by atoms with Gasteiger partial charge in [-0.15, -0.1) is 0 Å². The van der Waals surface area contributed by atoms with Gasteiger partial charge < -0.3 is 9.84 Å². The van der Waals surface area contributed by atoms with Crippen LogP contribution in [0.2, 0.25) is 0 Å². The second kappa shape index (κ2) is 6.73. The van der Waals surface area contributed by atoms with Crippen LogP contribution in [0.4, 0.5) is 0 Å². The fourth-order valence-corrected chi connectivity index (χ4v) is 1.87. The largest absolute Gasteiger partial charge is 0.363 e. The van der Waals surface area contributed by atoms with E-state index in [1.54, 1.807) is 0 Å². The molecule has 1 aromatic heterocycles. The third-order valence-corrected chi connectivity index (χ3v) is 2.93. The molecule has 0 unspecified atom stereocenters. The maximum Gasteiger partial charge on any atom is 0.256 e. The molecule has 2 rings (SSSR count). The van der Waals surface area contributed by atoms with Crippen molar-refractivity contribution >= 4 is 5.91 Å². The highest BCUT2D eigenvalue weighted by atomic mass is 16.5. The summed E-state index contributed by atoms with van der Waals surface area (Å²) < 4.78 is 4.94. The highest BCUT2D eigenvalue weighted by Crippen LogP contribution is 2.21. The van der Waals surface area contributed by atoms with Gasteiger partial charge in [-0.1, -0.05) is 55.3 Å². The molecule has 0 saturated carbocycles. The first-order valence-corrected chi connectivity index (χ1v) is 6.61. The molecule has 4 nitrogen and oxygen atoms in total. The van der Waals surface area contributed by atoms with Crippen LogP contribution in [0.25, 0.3) is 11.3 Å². The number of nitrogens with one attached hydrogen (secondary N) is 1. The predicted molar refractivity (Wildman–Crippen MR) is 73.8 cm³/mol. The number of carbonyl (C=O) groups is 1. The highest BCUT2D eigenvalue weighted by molar-refractivity contribution is 5.99. The summed E-state index contributed by atoms with van der Waals surface area (Å²) in [5, 5.41) is 6.81. The minimum Gasteiger partial charge on any atom is -0.363 e. The van der Waals surface area contributed by atoms with E-state index in [4.69, 9.17) is 4.52 Å². The Hall–Kier alpha value is -2.10. The summed E-state index contributed by atoms with van der Waals surface area (Å²) in [6.45, 7) is 2.82. The van der Waals surface area contributed by atoms with E-state index in [0.717, 1.165) is 24.8 Å². The molecule has 0 fully saturated rings. The van der Waals surface area contributed by atoms with Gasteiger partial charge in [-0.2, -0.15) is 0 Å². The molecule has 1 aromatic carbocycles. The van der Waals surface area contributed by atoms with E-state index in [1.807, 2.05) is 30.3 Å². The van der Waals surface area contributed by atoms with Crippen molar-refractivity contribution < 1.29 is 9.32 Å². The molecule has 1 amide bonds. The molecule has 0 aliphatic rings. The summed E-state index contributed by atoms with van der Waals surface area (Å²) in [6, 6.07) is 9.56. The van der Waals surface area contributed by atoms with Crippen LogP contribution in [0, 0.1) is 0 Å². The Bertz CT molecular complexity index is 520. The number of hydrogen-bond donors (Lipinski definition) is 1. The summed E-state index contributed by atoms with van der Waals surface area (Å²) in [6.07, 6.45) is 4.65. The van der Waals surface area contributed by atoms with Gasteiger partial charge in [0, 0.05) is 12.1 Å². The van der Waals surface area contributed by atoms with Crippen molar-refractivity contribution in [1.29, 1.82) is 0 Å². The third-order valence-electron chi connectivity index (χ3n) is 2.93. The number of carbonyl (C=O) groups excluding carboxylic acids is 1. The average molecular weight is 258 g/mol. The quantitative estimate of drug-likeness (QED) is 0.809. The number of unbranched alkanes of at least 4 members (excludes halogenated alkanes) is 2. The van der Waals surface area contributed by atoms with Gasteiger partial charge >= 0.3 is 0 Å². The molecule has 0 saturated heterocycles. The predicted octanol–water partition coefficient (Wildman–Crippen LogP) is 3.26. The molecule has 1 heterocycles. The molecule has 0 aliphatic heterocycles. The van der Waals surface area contributed by atoms with Crippen molar-refractivity contribution in [2.24, 2.45) is 0 Å². The minimum absolute atomic E-state index is 0.129. The van der Waals surface area contributed by atoms with Crippen LogP contribution in [0.3, 0.4) is 0 Å². The monoisotopic (exact) mass is 258 g/mol. The molecule has 2 aromatic rings. The smallest absolute Gasteiger partial charge is 0.256 e. The Morgan fingerprint density at radius 1 is 1.26 bits per heavy atom. The molecule has 1 N–H and O–H groups in total. The second-order valence-electron chi connectivity index (χ2n) is 4.41. The Labute approximate surface area is 112 Å². The summed E-state index contributed by atoms with van der Waals surface area (Å²) in [4.78, 5) is 12.1. The summed E-state index contributed by atoms with van der Waals surface area (Å²) in [5.74, 6) is -0.129. The lowest BCUT2D eigenvalue weighted by Gasteiger charge is -2.04. The molecular formula is C15H18N2O2. The van der Waals surface area contributed by atoms with Gasteiger partial charge in [0.1, 0.15) is 17.5 Å². The summed E-state index contributed by atoms with van der Waals surface area (Å²) >= 11 is 0. The average Bonchev–Trinajstić information content (AvgIpc) is 2.94. The van der Waals surface area contributed by atoms with E-state index in [1.165, 1.54) is 6.26 Å². The zero-order chi connectivity index (χ0) is 13.5. The van der Waals surface area contributed by atoms with E-state index in [2.05, 4.69) is 17.4 Å². The molecule has 0 aliphatic carbocycles. The number of hydrogen-bond acceptors (Lipinski definition) is 3. The number of nitrogens with zero attached hydrogens (tertiary/aromatic N) is 1. The lowest BCUT2D eigenvalue weighted by Crippen LogP contribution is -2.24. The van der Waals surface area contributed by atoms with Gasteiger partial charge in [-0.25, -0.2) is 0 Å². The summed E-state index contributed by atoms with van der Waals surface area (Å²) in [7, 11) is 0. The van der Waals surface area contributed by atoms with Crippen molar-refractivity contribution in [3.05, 3.63) is 42.2 Å². The van der Waals surface area contributed by atoms with E-state index >= 15 is 0 Å². The van der Waals surface area contributed by atoms with E-state index in [-0.39, 0.29) is 5.91 Å². The van der Waals surface area contributed by atoms with Crippen LogP contribution >= 0.6 is 0 Å². The van der Waals surface area contributed by atoms with E-state index in [9.17, 15) is 4.79 Å². The molecule has 4 heteroatoms. The molecule has 19 heavy (non-hydrogen) atoms. The van der Waals surface area contributed by atoms with Crippen molar-refractivity contribution in [2.75, 3.05) is 6.54 Å². The van der Waals surface area contributed by atoms with Crippen LogP contribution in [0.5, 0.6) is 0 Å². The fourth-order valence-electron chi connectivity index (χ4n) is 1.87. The van der Waals surface area contributed by atoms with Crippen molar-refractivity contribution in [1.82, 2.24) is 10.5 Å². The first-order valence-electron chi connectivity index (χ1n) is 6.61. The van der Waals surface area contributed by atoms with Crippen LogP contribution in [0.15, 0.2) is 41.1 Å². The maximum absolute atomic E-state index is 12.1. The van der Waals surface area contributed by atoms with E-state index < -0.39 is 0 Å². The third kappa shape index (κ3) is 3.44. The maximum atomic E-state index is 12.1. The fraction of sp³-hybridized carbons (Fsp3) is 0.333. The molecule has 0 radical (unpaired) electrons. The molecule has 0 spiro atoms.